The van der Waals surface area contributed by atoms with Crippen LogP contribution in [0, 0.1) is 0 Å². The van der Waals surface area contributed by atoms with E-state index in [2.05, 4.69) is 10.6 Å². The molecule has 1 heterocycles. The Balaban J connectivity index is 2.62. The Kier molecular flexibility index (Phi) is 10.0. The highest BCUT2D eigenvalue weighted by molar-refractivity contribution is 5.95. The number of rotatable bonds is 12. The van der Waals surface area contributed by atoms with Crippen LogP contribution in [0.5, 0.6) is 0 Å². The first-order valence-electron chi connectivity index (χ1n) is 9.51. The molecule has 0 aromatic rings. The van der Waals surface area contributed by atoms with Crippen molar-refractivity contribution >= 4 is 29.6 Å². The molecule has 1 aliphatic rings. The standard InChI is InChI=1S/C17H30N6O6/c18-6-2-1-4-10(19)15(26)22-11(8-13(20)24)16(27)21-9-14(25)23-7-3-5-12(23)17(28)29/h10-12H,1-9,18-19H2,(H2,20,24)(H,21,27)(H,22,26)(H,28,29). The minimum Gasteiger partial charge on any atom is -0.480 e. The van der Waals surface area contributed by atoms with Crippen molar-refractivity contribution in [2.45, 2.75) is 56.7 Å². The number of nitrogens with one attached hydrogen (secondary N) is 2. The average molecular weight is 414 g/mol. The molecule has 164 valence electrons. The molecule has 0 saturated carbocycles. The number of unbranched alkanes of at least 4 members (excludes halogenated alkanes) is 1. The summed E-state index contributed by atoms with van der Waals surface area (Å²) in [7, 11) is 0. The smallest absolute Gasteiger partial charge is 0.326 e. The van der Waals surface area contributed by atoms with Gasteiger partial charge in [0.2, 0.25) is 23.6 Å². The number of hydrogen-bond acceptors (Lipinski definition) is 7. The molecule has 1 saturated heterocycles. The number of carboxylic acids is 1. The fourth-order valence-electron chi connectivity index (χ4n) is 3.04. The van der Waals surface area contributed by atoms with Crippen LogP contribution in [0.2, 0.25) is 0 Å². The maximum atomic E-state index is 12.4. The molecule has 1 aliphatic heterocycles. The van der Waals surface area contributed by atoms with Crippen molar-refractivity contribution in [2.75, 3.05) is 19.6 Å². The lowest BCUT2D eigenvalue weighted by Crippen LogP contribution is -2.54. The Morgan fingerprint density at radius 1 is 1.14 bits per heavy atom. The van der Waals surface area contributed by atoms with Gasteiger partial charge in [-0.25, -0.2) is 4.79 Å². The van der Waals surface area contributed by atoms with Gasteiger partial charge in [0.05, 0.1) is 19.0 Å². The number of hydrogen-bond donors (Lipinski definition) is 6. The number of carbonyl (C=O) groups excluding carboxylic acids is 4. The molecule has 12 nitrogen and oxygen atoms in total. The lowest BCUT2D eigenvalue weighted by molar-refractivity contribution is -0.148. The van der Waals surface area contributed by atoms with E-state index in [0.29, 0.717) is 38.6 Å². The first-order chi connectivity index (χ1) is 13.7. The Hall–Kier alpha value is -2.73. The van der Waals surface area contributed by atoms with Gasteiger partial charge in [0.25, 0.3) is 0 Å². The summed E-state index contributed by atoms with van der Waals surface area (Å²) in [5.41, 5.74) is 16.3. The largest absolute Gasteiger partial charge is 0.480 e. The number of aliphatic carboxylic acids is 1. The molecule has 3 unspecified atom stereocenters. The zero-order valence-electron chi connectivity index (χ0n) is 16.3. The van der Waals surface area contributed by atoms with Crippen molar-refractivity contribution in [1.82, 2.24) is 15.5 Å². The van der Waals surface area contributed by atoms with E-state index in [4.69, 9.17) is 22.3 Å². The van der Waals surface area contributed by atoms with Crippen LogP contribution in [0.15, 0.2) is 0 Å². The van der Waals surface area contributed by atoms with Crippen LogP contribution in [-0.2, 0) is 24.0 Å². The molecule has 3 atom stereocenters. The summed E-state index contributed by atoms with van der Waals surface area (Å²) in [5.74, 6) is -3.90. The molecular weight excluding hydrogens is 384 g/mol. The fourth-order valence-corrected chi connectivity index (χ4v) is 3.04. The summed E-state index contributed by atoms with van der Waals surface area (Å²) in [4.78, 5) is 60.3. The van der Waals surface area contributed by atoms with E-state index in [1.807, 2.05) is 0 Å². The van der Waals surface area contributed by atoms with Crippen LogP contribution >= 0.6 is 0 Å². The molecule has 0 bridgehead atoms. The first-order valence-corrected chi connectivity index (χ1v) is 9.51. The molecule has 1 rings (SSSR count). The third kappa shape index (κ3) is 8.03. The van der Waals surface area contributed by atoms with Crippen molar-refractivity contribution in [3.63, 3.8) is 0 Å². The number of carboxylic acid groups (broad SMARTS) is 1. The Morgan fingerprint density at radius 3 is 2.41 bits per heavy atom. The van der Waals surface area contributed by atoms with E-state index >= 15 is 0 Å². The summed E-state index contributed by atoms with van der Waals surface area (Å²) in [6, 6.07) is -3.10. The molecule has 0 aliphatic carbocycles. The lowest BCUT2D eigenvalue weighted by Gasteiger charge is -2.23. The van der Waals surface area contributed by atoms with E-state index in [1.54, 1.807) is 0 Å². The van der Waals surface area contributed by atoms with Gasteiger partial charge in [-0.15, -0.1) is 0 Å². The molecule has 0 radical (unpaired) electrons. The molecule has 1 fully saturated rings. The number of nitrogens with zero attached hydrogens (tertiary/aromatic N) is 1. The van der Waals surface area contributed by atoms with E-state index < -0.39 is 60.7 Å². The molecule has 0 spiro atoms. The average Bonchev–Trinajstić information content (AvgIpc) is 3.15. The maximum Gasteiger partial charge on any atom is 0.326 e. The van der Waals surface area contributed by atoms with Gasteiger partial charge in [0.1, 0.15) is 12.1 Å². The summed E-state index contributed by atoms with van der Waals surface area (Å²) < 4.78 is 0. The minimum absolute atomic E-state index is 0.283. The Bertz CT molecular complexity index is 628. The van der Waals surface area contributed by atoms with Crippen molar-refractivity contribution in [1.29, 1.82) is 0 Å². The fraction of sp³-hybridized carbons (Fsp3) is 0.706. The topological polar surface area (TPSA) is 211 Å². The van der Waals surface area contributed by atoms with E-state index in [0.717, 1.165) is 0 Å². The highest BCUT2D eigenvalue weighted by Crippen LogP contribution is 2.17. The minimum atomic E-state index is -1.29. The number of amides is 4. The second kappa shape index (κ2) is 12.0. The quantitative estimate of drug-likeness (QED) is 0.181. The third-order valence-electron chi connectivity index (χ3n) is 4.62. The third-order valence-corrected chi connectivity index (χ3v) is 4.62. The SMILES string of the molecule is NCCCCC(N)C(=O)NC(CC(N)=O)C(=O)NCC(=O)N1CCCC1C(=O)O. The van der Waals surface area contributed by atoms with E-state index in [1.165, 1.54) is 4.90 Å². The molecule has 29 heavy (non-hydrogen) atoms. The van der Waals surface area contributed by atoms with Gasteiger partial charge in [-0.3, -0.25) is 19.2 Å². The van der Waals surface area contributed by atoms with Gasteiger partial charge in [-0.2, -0.15) is 0 Å². The Labute approximate surface area is 168 Å². The first kappa shape index (κ1) is 24.3. The zero-order chi connectivity index (χ0) is 22.0. The van der Waals surface area contributed by atoms with Gasteiger partial charge >= 0.3 is 5.97 Å². The van der Waals surface area contributed by atoms with Gasteiger partial charge in [0.15, 0.2) is 0 Å². The molecule has 0 aromatic carbocycles. The van der Waals surface area contributed by atoms with Crippen LogP contribution in [-0.4, -0.2) is 77.4 Å². The van der Waals surface area contributed by atoms with E-state index in [-0.39, 0.29) is 6.54 Å². The van der Waals surface area contributed by atoms with Gasteiger partial charge in [-0.05, 0) is 32.2 Å². The highest BCUT2D eigenvalue weighted by Gasteiger charge is 2.34. The van der Waals surface area contributed by atoms with Crippen LogP contribution in [0.3, 0.4) is 0 Å². The Morgan fingerprint density at radius 2 is 1.83 bits per heavy atom. The van der Waals surface area contributed by atoms with Gasteiger partial charge in [0, 0.05) is 6.54 Å². The lowest BCUT2D eigenvalue weighted by atomic mass is 10.1. The maximum absolute atomic E-state index is 12.4. The van der Waals surface area contributed by atoms with Crippen molar-refractivity contribution < 1.29 is 29.1 Å². The highest BCUT2D eigenvalue weighted by atomic mass is 16.4. The van der Waals surface area contributed by atoms with Crippen LogP contribution < -0.4 is 27.8 Å². The molecule has 0 aromatic heterocycles. The second-order valence-electron chi connectivity index (χ2n) is 6.92. The molecular formula is C17H30N6O6. The number of nitrogens with two attached hydrogens (primary N) is 3. The summed E-state index contributed by atoms with van der Waals surface area (Å²) in [5, 5.41) is 13.8. The van der Waals surface area contributed by atoms with Gasteiger partial charge < -0.3 is 37.8 Å². The monoisotopic (exact) mass is 414 g/mol. The second-order valence-corrected chi connectivity index (χ2v) is 6.92. The molecule has 4 amide bonds. The number of likely N-dealkylation sites (tertiary alicyclic amines) is 1. The normalized spacial score (nSPS) is 18.0. The molecule has 9 N–H and O–H groups in total. The summed E-state index contributed by atoms with van der Waals surface area (Å²) in [6.07, 6.45) is 2.12. The van der Waals surface area contributed by atoms with Crippen molar-refractivity contribution in [2.24, 2.45) is 17.2 Å². The summed E-state index contributed by atoms with van der Waals surface area (Å²) >= 11 is 0. The summed E-state index contributed by atoms with van der Waals surface area (Å²) in [6.45, 7) is 0.288. The predicted octanol–water partition coefficient (Wildman–Crippen LogP) is -3.01. The zero-order valence-corrected chi connectivity index (χ0v) is 16.3. The van der Waals surface area contributed by atoms with Crippen molar-refractivity contribution in [3.05, 3.63) is 0 Å². The number of primary amides is 1. The van der Waals surface area contributed by atoms with Crippen LogP contribution in [0.25, 0.3) is 0 Å². The van der Waals surface area contributed by atoms with Crippen LogP contribution in [0.4, 0.5) is 0 Å². The van der Waals surface area contributed by atoms with E-state index in [9.17, 15) is 24.0 Å². The van der Waals surface area contributed by atoms with Gasteiger partial charge in [-0.1, -0.05) is 6.42 Å². The number of carbonyl (C=O) groups is 5. The van der Waals surface area contributed by atoms with Crippen LogP contribution in [0.1, 0.15) is 38.5 Å². The van der Waals surface area contributed by atoms with Crippen molar-refractivity contribution in [3.8, 4) is 0 Å². The molecule has 12 heteroatoms. The predicted molar refractivity (Wildman–Crippen MR) is 102 cm³/mol.